The van der Waals surface area contributed by atoms with E-state index in [0.717, 1.165) is 38.1 Å². The average molecular weight is 309 g/mol. The van der Waals surface area contributed by atoms with E-state index in [0.29, 0.717) is 12.1 Å². The van der Waals surface area contributed by atoms with Crippen LogP contribution in [0.25, 0.3) is 0 Å². The summed E-state index contributed by atoms with van der Waals surface area (Å²) in [6.45, 7) is 5.02. The highest BCUT2D eigenvalue weighted by Crippen LogP contribution is 2.31. The number of pyridine rings is 1. The summed E-state index contributed by atoms with van der Waals surface area (Å²) >= 11 is 5.92. The van der Waals surface area contributed by atoms with Gasteiger partial charge < -0.3 is 5.32 Å². The minimum atomic E-state index is -4.40. The number of alkyl halides is 3. The quantitative estimate of drug-likeness (QED) is 0.804. The van der Waals surface area contributed by atoms with Crippen LogP contribution in [0.15, 0.2) is 12.3 Å². The van der Waals surface area contributed by atoms with Crippen molar-refractivity contribution < 1.29 is 13.2 Å². The molecule has 1 aromatic heterocycles. The minimum absolute atomic E-state index is 0.0826. The van der Waals surface area contributed by atoms with Gasteiger partial charge in [0.2, 0.25) is 0 Å². The van der Waals surface area contributed by atoms with Gasteiger partial charge in [-0.15, -0.1) is 0 Å². The van der Waals surface area contributed by atoms with Crippen LogP contribution in [-0.2, 0) is 12.6 Å². The summed E-state index contributed by atoms with van der Waals surface area (Å²) in [7, 11) is 0. The smallest absolute Gasteiger partial charge is 0.314 e. The fraction of sp³-hybridized carbons (Fsp3) is 0.643. The van der Waals surface area contributed by atoms with Gasteiger partial charge in [0.15, 0.2) is 0 Å². The van der Waals surface area contributed by atoms with Gasteiger partial charge >= 0.3 is 6.18 Å². The van der Waals surface area contributed by atoms with Crippen LogP contribution in [0.3, 0.4) is 0 Å². The van der Waals surface area contributed by atoms with E-state index < -0.39 is 11.7 Å². The van der Waals surface area contributed by atoms with E-state index in [2.05, 4.69) is 24.1 Å². The van der Waals surface area contributed by atoms with Crippen molar-refractivity contribution >= 4 is 11.6 Å². The second-order valence-electron chi connectivity index (χ2n) is 4.79. The Balaban J connectivity index is 2.80. The van der Waals surface area contributed by atoms with E-state index in [1.165, 1.54) is 0 Å². The first kappa shape index (κ1) is 17.2. The Morgan fingerprint density at radius 1 is 1.30 bits per heavy atom. The fourth-order valence-electron chi connectivity index (χ4n) is 1.98. The molecule has 0 aliphatic heterocycles. The first-order chi connectivity index (χ1) is 9.38. The van der Waals surface area contributed by atoms with E-state index in [1.54, 1.807) is 0 Å². The standard InChI is InChI=1S/C14H20ClF3N2/c1-3-5-11(19-6-4-2)8-13-12(15)7-10(9-20-13)14(16,17)18/h7,9,11,19H,3-6,8H2,1-2H3. The zero-order chi connectivity index (χ0) is 15.2. The molecule has 1 N–H and O–H groups in total. The zero-order valence-corrected chi connectivity index (χ0v) is 12.5. The minimum Gasteiger partial charge on any atom is -0.314 e. The number of hydrogen-bond donors (Lipinski definition) is 1. The Bertz CT molecular complexity index is 421. The highest BCUT2D eigenvalue weighted by Gasteiger charge is 2.31. The molecule has 0 amide bonds. The molecule has 1 unspecified atom stereocenters. The molecule has 6 heteroatoms. The van der Waals surface area contributed by atoms with Crippen molar-refractivity contribution in [3.63, 3.8) is 0 Å². The van der Waals surface area contributed by atoms with E-state index in [4.69, 9.17) is 11.6 Å². The number of hydrogen-bond acceptors (Lipinski definition) is 2. The molecule has 0 aliphatic rings. The molecule has 0 radical (unpaired) electrons. The maximum Gasteiger partial charge on any atom is 0.417 e. The van der Waals surface area contributed by atoms with Crippen LogP contribution < -0.4 is 5.32 Å². The predicted octanol–water partition coefficient (Wildman–Crippen LogP) is 4.46. The summed E-state index contributed by atoms with van der Waals surface area (Å²) in [6, 6.07) is 1.15. The van der Waals surface area contributed by atoms with Crippen molar-refractivity contribution in [1.82, 2.24) is 10.3 Å². The van der Waals surface area contributed by atoms with Crippen molar-refractivity contribution in [2.24, 2.45) is 0 Å². The molecule has 0 saturated carbocycles. The maximum absolute atomic E-state index is 12.5. The highest BCUT2D eigenvalue weighted by molar-refractivity contribution is 6.31. The maximum atomic E-state index is 12.5. The third-order valence-corrected chi connectivity index (χ3v) is 3.33. The summed E-state index contributed by atoms with van der Waals surface area (Å²) < 4.78 is 37.6. The molecule has 20 heavy (non-hydrogen) atoms. The number of rotatable bonds is 7. The second-order valence-corrected chi connectivity index (χ2v) is 5.20. The molecule has 0 bridgehead atoms. The third-order valence-electron chi connectivity index (χ3n) is 3.00. The second kappa shape index (κ2) is 7.84. The van der Waals surface area contributed by atoms with Crippen LogP contribution in [0, 0.1) is 0 Å². The van der Waals surface area contributed by atoms with Gasteiger partial charge in [-0.25, -0.2) is 0 Å². The summed E-state index contributed by atoms with van der Waals surface area (Å²) in [5.74, 6) is 0. The average Bonchev–Trinajstić information content (AvgIpc) is 2.37. The predicted molar refractivity (Wildman–Crippen MR) is 74.9 cm³/mol. The molecule has 1 rings (SSSR count). The molecule has 0 aromatic carbocycles. The number of nitrogens with one attached hydrogen (secondary N) is 1. The summed E-state index contributed by atoms with van der Waals surface area (Å²) in [4.78, 5) is 3.88. The molecule has 1 aromatic rings. The largest absolute Gasteiger partial charge is 0.417 e. The Morgan fingerprint density at radius 3 is 2.50 bits per heavy atom. The fourth-order valence-corrected chi connectivity index (χ4v) is 2.22. The molecular weight excluding hydrogens is 289 g/mol. The van der Waals surface area contributed by atoms with Crippen LogP contribution in [0.5, 0.6) is 0 Å². The van der Waals surface area contributed by atoms with Crippen LogP contribution >= 0.6 is 11.6 Å². The van der Waals surface area contributed by atoms with Crippen molar-refractivity contribution in [2.45, 2.75) is 51.7 Å². The lowest BCUT2D eigenvalue weighted by Gasteiger charge is -2.18. The topological polar surface area (TPSA) is 24.9 Å². The number of aromatic nitrogens is 1. The molecule has 0 saturated heterocycles. The van der Waals surface area contributed by atoms with Crippen LogP contribution in [-0.4, -0.2) is 17.6 Å². The first-order valence-corrected chi connectivity index (χ1v) is 7.21. The van der Waals surface area contributed by atoms with Crippen molar-refractivity contribution in [3.8, 4) is 0 Å². The SMILES string of the molecule is CCCNC(CCC)Cc1ncc(C(F)(F)F)cc1Cl. The van der Waals surface area contributed by atoms with Crippen molar-refractivity contribution in [3.05, 3.63) is 28.5 Å². The lowest BCUT2D eigenvalue weighted by atomic mass is 10.0. The van der Waals surface area contributed by atoms with Gasteiger partial charge in [-0.1, -0.05) is 31.9 Å². The van der Waals surface area contributed by atoms with Crippen molar-refractivity contribution in [1.29, 1.82) is 0 Å². The third kappa shape index (κ3) is 5.29. The first-order valence-electron chi connectivity index (χ1n) is 6.83. The van der Waals surface area contributed by atoms with Gasteiger partial charge in [0.05, 0.1) is 16.3 Å². The molecule has 2 nitrogen and oxygen atoms in total. The van der Waals surface area contributed by atoms with Gasteiger partial charge in [0.25, 0.3) is 0 Å². The lowest BCUT2D eigenvalue weighted by Crippen LogP contribution is -2.32. The van der Waals surface area contributed by atoms with Gasteiger partial charge in [-0.2, -0.15) is 13.2 Å². The van der Waals surface area contributed by atoms with Gasteiger partial charge in [-0.3, -0.25) is 4.98 Å². The Morgan fingerprint density at radius 2 is 2.00 bits per heavy atom. The Labute approximate surface area is 122 Å². The summed E-state index contributed by atoms with van der Waals surface area (Å²) in [6.07, 6.45) is -0.0552. The van der Waals surface area contributed by atoms with Crippen molar-refractivity contribution in [2.75, 3.05) is 6.54 Å². The Hall–Kier alpha value is -0.810. The Kier molecular flexibility index (Phi) is 6.76. The van der Waals surface area contributed by atoms with E-state index >= 15 is 0 Å². The zero-order valence-electron chi connectivity index (χ0n) is 11.7. The summed E-state index contributed by atoms with van der Waals surface area (Å²) in [5.41, 5.74) is -0.290. The van der Waals surface area contributed by atoms with Crippen LogP contribution in [0.2, 0.25) is 5.02 Å². The van der Waals surface area contributed by atoms with E-state index in [-0.39, 0.29) is 11.1 Å². The molecule has 0 aliphatic carbocycles. The van der Waals surface area contributed by atoms with E-state index in [1.807, 2.05) is 0 Å². The molecule has 1 heterocycles. The molecule has 1 atom stereocenters. The number of halogens is 4. The molecule has 0 fully saturated rings. The number of nitrogens with zero attached hydrogens (tertiary/aromatic N) is 1. The highest BCUT2D eigenvalue weighted by atomic mass is 35.5. The van der Waals surface area contributed by atoms with Gasteiger partial charge in [-0.05, 0) is 25.5 Å². The van der Waals surface area contributed by atoms with Crippen LogP contribution in [0.4, 0.5) is 13.2 Å². The van der Waals surface area contributed by atoms with Gasteiger partial charge in [0.1, 0.15) is 0 Å². The molecule has 114 valence electrons. The summed E-state index contributed by atoms with van der Waals surface area (Å²) in [5, 5.41) is 3.45. The van der Waals surface area contributed by atoms with E-state index in [9.17, 15) is 13.2 Å². The molecule has 0 spiro atoms. The normalized spacial score (nSPS) is 13.5. The monoisotopic (exact) mass is 308 g/mol. The van der Waals surface area contributed by atoms with Gasteiger partial charge in [0, 0.05) is 18.7 Å². The lowest BCUT2D eigenvalue weighted by molar-refractivity contribution is -0.137. The van der Waals surface area contributed by atoms with Crippen LogP contribution in [0.1, 0.15) is 44.4 Å². The molecular formula is C14H20ClF3N2.